The van der Waals surface area contributed by atoms with Crippen molar-refractivity contribution in [1.82, 2.24) is 14.9 Å². The molecule has 0 saturated carbocycles. The molecule has 5 rings (SSSR count). The topological polar surface area (TPSA) is 106 Å². The van der Waals surface area contributed by atoms with Crippen LogP contribution in [0.2, 0.25) is 0 Å². The maximum absolute atomic E-state index is 14.4. The summed E-state index contributed by atoms with van der Waals surface area (Å²) in [6, 6.07) is 15.5. The second-order valence-corrected chi connectivity index (χ2v) is 11.0. The third-order valence-corrected chi connectivity index (χ3v) is 7.01. The third kappa shape index (κ3) is 5.70. The Balaban J connectivity index is 1.53. The number of allylic oxidation sites excluding steroid dienone is 1. The van der Waals surface area contributed by atoms with Crippen molar-refractivity contribution in [2.24, 2.45) is 4.99 Å². The van der Waals surface area contributed by atoms with Crippen molar-refractivity contribution in [2.45, 2.75) is 52.0 Å². The third-order valence-electron chi connectivity index (χ3n) is 7.01. The van der Waals surface area contributed by atoms with E-state index in [0.29, 0.717) is 12.5 Å². The first-order valence-corrected chi connectivity index (χ1v) is 13.9. The number of aromatic nitrogens is 2. The van der Waals surface area contributed by atoms with Gasteiger partial charge in [-0.3, -0.25) is 14.7 Å². The van der Waals surface area contributed by atoms with Crippen molar-refractivity contribution in [3.63, 3.8) is 0 Å². The van der Waals surface area contributed by atoms with Crippen molar-refractivity contribution in [1.29, 1.82) is 0 Å². The average Bonchev–Trinajstić information content (AvgIpc) is 3.64. The van der Waals surface area contributed by atoms with E-state index >= 15 is 0 Å². The van der Waals surface area contributed by atoms with Gasteiger partial charge in [-0.2, -0.15) is 4.98 Å². The number of ether oxygens (including phenoxy) is 3. The van der Waals surface area contributed by atoms with Crippen LogP contribution in [0.4, 0.5) is 16.4 Å². The maximum atomic E-state index is 14.4. The van der Waals surface area contributed by atoms with Crippen LogP contribution in [0.3, 0.4) is 0 Å². The fraction of sp³-hybridized carbons (Fsp3) is 0.344. The molecule has 3 aromatic rings. The molecular weight excluding hydrogens is 534 g/mol. The second-order valence-electron chi connectivity index (χ2n) is 11.0. The lowest BCUT2D eigenvalue weighted by molar-refractivity contribution is 0.00918. The number of amides is 1. The van der Waals surface area contributed by atoms with Gasteiger partial charge in [0.05, 0.1) is 7.11 Å². The van der Waals surface area contributed by atoms with Gasteiger partial charge in [0, 0.05) is 31.2 Å². The zero-order chi connectivity index (χ0) is 29.9. The summed E-state index contributed by atoms with van der Waals surface area (Å²) in [7, 11) is 1.61. The Kier molecular flexibility index (Phi) is 7.98. The Hall–Kier alpha value is -4.73. The van der Waals surface area contributed by atoms with Crippen LogP contribution < -0.4 is 14.4 Å². The molecule has 0 fully saturated rings. The Morgan fingerprint density at radius 2 is 1.86 bits per heavy atom. The minimum Gasteiger partial charge on any atom is -0.497 e. The van der Waals surface area contributed by atoms with E-state index in [4.69, 9.17) is 19.2 Å². The molecule has 10 nitrogen and oxygen atoms in total. The number of carbonyl (C=O) groups is 2. The molecule has 2 aromatic carbocycles. The number of anilines is 2. The fourth-order valence-electron chi connectivity index (χ4n) is 4.99. The predicted molar refractivity (Wildman–Crippen MR) is 160 cm³/mol. The standard InChI is InChI=1S/C32H35N5O5/c1-6-37(30(39)42-31(2,3)4)32(17-9-18-34-32)27(38)25-20-33-29(36-19-16-23-10-7-8-11-26(23)36)35-28(25)41-21-22-12-14-24(40-5)15-13-22/h7-15,17-18,20H,6,16,19,21H2,1-5H3. The summed E-state index contributed by atoms with van der Waals surface area (Å²) in [5.41, 5.74) is 0.746. The lowest BCUT2D eigenvalue weighted by Gasteiger charge is -2.36. The Labute approximate surface area is 245 Å². The van der Waals surface area contributed by atoms with Crippen LogP contribution >= 0.6 is 0 Å². The molecule has 1 unspecified atom stereocenters. The van der Waals surface area contributed by atoms with E-state index in [2.05, 4.69) is 16.0 Å². The van der Waals surface area contributed by atoms with Crippen LogP contribution in [0.1, 0.15) is 49.2 Å². The van der Waals surface area contributed by atoms with Gasteiger partial charge in [-0.1, -0.05) is 30.3 Å². The van der Waals surface area contributed by atoms with E-state index < -0.39 is 23.1 Å². The fourth-order valence-corrected chi connectivity index (χ4v) is 4.99. The summed E-state index contributed by atoms with van der Waals surface area (Å²) in [6.07, 6.45) is 6.38. The Bertz CT molecular complexity index is 1510. The Morgan fingerprint density at radius 1 is 1.10 bits per heavy atom. The summed E-state index contributed by atoms with van der Waals surface area (Å²) in [5, 5.41) is 0. The molecule has 1 aromatic heterocycles. The number of hydrogen-bond donors (Lipinski definition) is 0. The smallest absolute Gasteiger partial charge is 0.412 e. The highest BCUT2D eigenvalue weighted by molar-refractivity contribution is 6.09. The van der Waals surface area contributed by atoms with Gasteiger partial charge in [-0.25, -0.2) is 9.78 Å². The zero-order valence-corrected chi connectivity index (χ0v) is 24.5. The first-order valence-electron chi connectivity index (χ1n) is 13.9. The van der Waals surface area contributed by atoms with Gasteiger partial charge < -0.3 is 19.1 Å². The van der Waals surface area contributed by atoms with Crippen LogP contribution in [0.15, 0.2) is 71.9 Å². The van der Waals surface area contributed by atoms with E-state index in [1.165, 1.54) is 22.9 Å². The highest BCUT2D eigenvalue weighted by Gasteiger charge is 2.48. The van der Waals surface area contributed by atoms with Gasteiger partial charge in [0.2, 0.25) is 23.3 Å². The monoisotopic (exact) mass is 569 g/mol. The molecule has 0 bridgehead atoms. The molecule has 0 saturated heterocycles. The van der Waals surface area contributed by atoms with Crippen LogP contribution in [-0.2, 0) is 17.8 Å². The molecule has 10 heteroatoms. The van der Waals surface area contributed by atoms with Crippen LogP contribution in [0, 0.1) is 0 Å². The molecule has 0 spiro atoms. The molecular formula is C32H35N5O5. The summed E-state index contributed by atoms with van der Waals surface area (Å²) >= 11 is 0. The number of rotatable bonds is 9. The lowest BCUT2D eigenvalue weighted by atomic mass is 9.98. The number of benzene rings is 2. The first-order chi connectivity index (χ1) is 20.1. The average molecular weight is 570 g/mol. The van der Waals surface area contributed by atoms with E-state index in [1.807, 2.05) is 47.4 Å². The molecule has 42 heavy (non-hydrogen) atoms. The van der Waals surface area contributed by atoms with Crippen LogP contribution in [0.5, 0.6) is 11.6 Å². The molecule has 2 aliphatic heterocycles. The summed E-state index contributed by atoms with van der Waals surface area (Å²) in [6.45, 7) is 8.11. The maximum Gasteiger partial charge on any atom is 0.412 e. The number of methoxy groups -OCH3 is 1. The molecule has 0 N–H and O–H groups in total. The van der Waals surface area contributed by atoms with E-state index in [1.54, 1.807) is 47.0 Å². The molecule has 3 heterocycles. The van der Waals surface area contributed by atoms with Gasteiger partial charge in [0.15, 0.2) is 0 Å². The van der Waals surface area contributed by atoms with Crippen molar-refractivity contribution in [3.05, 3.63) is 83.6 Å². The lowest BCUT2D eigenvalue weighted by Crippen LogP contribution is -2.55. The van der Waals surface area contributed by atoms with Crippen molar-refractivity contribution < 1.29 is 23.8 Å². The number of fused-ring (bicyclic) bond motifs is 1. The molecule has 0 radical (unpaired) electrons. The predicted octanol–water partition coefficient (Wildman–Crippen LogP) is 5.54. The van der Waals surface area contributed by atoms with E-state index in [9.17, 15) is 9.59 Å². The van der Waals surface area contributed by atoms with Gasteiger partial charge >= 0.3 is 6.09 Å². The molecule has 218 valence electrons. The summed E-state index contributed by atoms with van der Waals surface area (Å²) in [4.78, 5) is 44.8. The number of carbonyl (C=O) groups excluding carboxylic acids is 2. The minimum absolute atomic E-state index is 0.0975. The van der Waals surface area contributed by atoms with Crippen molar-refractivity contribution >= 4 is 29.7 Å². The van der Waals surface area contributed by atoms with Gasteiger partial charge in [0.25, 0.3) is 0 Å². The van der Waals surface area contributed by atoms with Crippen LogP contribution in [-0.4, -0.2) is 64.4 Å². The molecule has 1 amide bonds. The molecule has 0 aliphatic carbocycles. The number of likely N-dealkylation sites (N-methyl/N-ethyl adjacent to an activating group) is 1. The summed E-state index contributed by atoms with van der Waals surface area (Å²) in [5.74, 6) is 0.736. The number of hydrogen-bond acceptors (Lipinski definition) is 9. The first kappa shape index (κ1) is 28.8. The highest BCUT2D eigenvalue weighted by Crippen LogP contribution is 2.36. The zero-order valence-electron chi connectivity index (χ0n) is 24.5. The second kappa shape index (κ2) is 11.6. The van der Waals surface area contributed by atoms with Crippen molar-refractivity contribution in [3.8, 4) is 11.6 Å². The number of aliphatic imine (C=N–C) groups is 1. The molecule has 1 atom stereocenters. The molecule has 2 aliphatic rings. The number of nitrogens with zero attached hydrogens (tertiary/aromatic N) is 5. The van der Waals surface area contributed by atoms with Gasteiger partial charge in [-0.05, 0) is 75.6 Å². The number of para-hydroxylation sites is 1. The largest absolute Gasteiger partial charge is 0.497 e. The normalized spacial score (nSPS) is 17.2. The van der Waals surface area contributed by atoms with E-state index in [-0.39, 0.29) is 24.6 Å². The number of Topliss-reactive ketones (excluding diaryl/α,β-unsaturated/α-hetero) is 1. The highest BCUT2D eigenvalue weighted by atomic mass is 16.6. The van der Waals surface area contributed by atoms with Crippen LogP contribution in [0.25, 0.3) is 0 Å². The van der Waals surface area contributed by atoms with Gasteiger partial charge in [-0.15, -0.1) is 0 Å². The van der Waals surface area contributed by atoms with Gasteiger partial charge in [0.1, 0.15) is 23.5 Å². The SMILES string of the molecule is CCN(C(=O)OC(C)(C)C)C1(C(=O)c2cnc(N3CCc4ccccc43)nc2OCc2ccc(OC)cc2)C=CC=N1. The van der Waals surface area contributed by atoms with Crippen molar-refractivity contribution in [2.75, 3.05) is 25.1 Å². The minimum atomic E-state index is -1.67. The number of ketones is 1. The quantitative estimate of drug-likeness (QED) is 0.310. The Morgan fingerprint density at radius 3 is 2.52 bits per heavy atom. The van der Waals surface area contributed by atoms with E-state index in [0.717, 1.165) is 23.4 Å². The summed E-state index contributed by atoms with van der Waals surface area (Å²) < 4.78 is 17.1.